The number of aromatic carboxylic acids is 1. The normalized spacial score (nSPS) is 10.5. The number of hydrogen-bond acceptors (Lipinski definition) is 3. The van der Waals surface area contributed by atoms with Crippen LogP contribution < -0.4 is 5.32 Å². The topological polar surface area (TPSA) is 62.2 Å². The number of carboxylic acid groups (broad SMARTS) is 1. The maximum Gasteiger partial charge on any atom is 0.336 e. The quantitative estimate of drug-likeness (QED) is 0.738. The summed E-state index contributed by atoms with van der Waals surface area (Å²) in [5.41, 5.74) is 1.73. The first kappa shape index (κ1) is 13.6. The van der Waals surface area contributed by atoms with Crippen LogP contribution in [0.2, 0.25) is 0 Å². The van der Waals surface area contributed by atoms with Crippen LogP contribution in [0.4, 0.5) is 11.5 Å². The second-order valence-electron chi connectivity index (χ2n) is 4.51. The van der Waals surface area contributed by atoms with E-state index in [1.807, 2.05) is 30.3 Å². The molecule has 0 fully saturated rings. The number of benzene rings is 2. The van der Waals surface area contributed by atoms with E-state index in [1.165, 1.54) is 0 Å². The Hall–Kier alpha value is -2.40. The fraction of sp³-hybridized carbons (Fsp3) is 0. The van der Waals surface area contributed by atoms with Gasteiger partial charge in [-0.3, -0.25) is 0 Å². The van der Waals surface area contributed by atoms with Crippen molar-refractivity contribution in [3.05, 3.63) is 64.6 Å². The number of aromatic nitrogens is 1. The third kappa shape index (κ3) is 2.87. The lowest BCUT2D eigenvalue weighted by Gasteiger charge is -2.09. The van der Waals surface area contributed by atoms with E-state index < -0.39 is 5.97 Å². The van der Waals surface area contributed by atoms with Crippen molar-refractivity contribution in [3.8, 4) is 0 Å². The summed E-state index contributed by atoms with van der Waals surface area (Å²) in [5, 5.41) is 13.1. The predicted octanol–water partition coefficient (Wildman–Crippen LogP) is 4.44. The highest BCUT2D eigenvalue weighted by atomic mass is 79.9. The second kappa shape index (κ2) is 5.54. The van der Waals surface area contributed by atoms with Gasteiger partial charge in [0, 0.05) is 15.5 Å². The van der Waals surface area contributed by atoms with Crippen molar-refractivity contribution in [2.45, 2.75) is 0 Å². The van der Waals surface area contributed by atoms with Crippen LogP contribution in [0.1, 0.15) is 10.4 Å². The Balaban J connectivity index is 2.06. The Morgan fingerprint density at radius 2 is 1.81 bits per heavy atom. The number of anilines is 2. The lowest BCUT2D eigenvalue weighted by molar-refractivity contribution is 0.0699. The minimum Gasteiger partial charge on any atom is -0.478 e. The minimum atomic E-state index is -0.965. The van der Waals surface area contributed by atoms with Gasteiger partial charge in [0.2, 0.25) is 0 Å². The monoisotopic (exact) mass is 342 g/mol. The number of para-hydroxylation sites is 1. The van der Waals surface area contributed by atoms with E-state index in [9.17, 15) is 9.90 Å². The van der Waals surface area contributed by atoms with E-state index in [2.05, 4.69) is 26.2 Å². The summed E-state index contributed by atoms with van der Waals surface area (Å²) in [4.78, 5) is 15.9. The smallest absolute Gasteiger partial charge is 0.336 e. The van der Waals surface area contributed by atoms with E-state index in [0.717, 1.165) is 10.2 Å². The van der Waals surface area contributed by atoms with Gasteiger partial charge in [-0.05, 0) is 36.4 Å². The molecule has 0 radical (unpaired) electrons. The fourth-order valence-electron chi connectivity index (χ4n) is 2.10. The molecular formula is C16H11BrN2O2. The average molecular weight is 343 g/mol. The molecule has 1 aromatic heterocycles. The molecule has 0 saturated carbocycles. The zero-order valence-electron chi connectivity index (χ0n) is 10.9. The minimum absolute atomic E-state index is 0.236. The summed E-state index contributed by atoms with van der Waals surface area (Å²) in [6.45, 7) is 0. The molecule has 2 N–H and O–H groups in total. The molecule has 21 heavy (non-hydrogen) atoms. The zero-order valence-corrected chi connectivity index (χ0v) is 12.5. The number of nitrogens with one attached hydrogen (secondary N) is 1. The van der Waals surface area contributed by atoms with Gasteiger partial charge in [0.1, 0.15) is 5.82 Å². The fourth-order valence-corrected chi connectivity index (χ4v) is 2.36. The molecule has 3 rings (SSSR count). The van der Waals surface area contributed by atoms with Gasteiger partial charge in [-0.2, -0.15) is 0 Å². The van der Waals surface area contributed by atoms with Crippen molar-refractivity contribution in [1.82, 2.24) is 4.98 Å². The largest absolute Gasteiger partial charge is 0.478 e. The number of rotatable bonds is 3. The summed E-state index contributed by atoms with van der Waals surface area (Å²) in [6, 6.07) is 16.3. The van der Waals surface area contributed by atoms with E-state index in [-0.39, 0.29) is 5.56 Å². The lowest BCUT2D eigenvalue weighted by Crippen LogP contribution is -2.02. The molecule has 0 atom stereocenters. The molecule has 0 spiro atoms. The van der Waals surface area contributed by atoms with Crippen LogP contribution >= 0.6 is 15.9 Å². The van der Waals surface area contributed by atoms with Crippen molar-refractivity contribution < 1.29 is 9.90 Å². The highest BCUT2D eigenvalue weighted by Gasteiger charge is 2.11. The van der Waals surface area contributed by atoms with Crippen molar-refractivity contribution in [2.24, 2.45) is 0 Å². The van der Waals surface area contributed by atoms with E-state index >= 15 is 0 Å². The number of hydrogen-bond donors (Lipinski definition) is 2. The number of nitrogens with zero attached hydrogens (tertiary/aromatic N) is 1. The van der Waals surface area contributed by atoms with Gasteiger partial charge in [-0.25, -0.2) is 9.78 Å². The summed E-state index contributed by atoms with van der Waals surface area (Å²) in [5.74, 6) is -0.458. The molecule has 0 aliphatic heterocycles. The number of carbonyl (C=O) groups is 1. The standard InChI is InChI=1S/C16H11BrN2O2/c17-10-5-7-11(8-6-10)18-15-9-13(16(20)21)12-3-1-2-4-14(12)19-15/h1-9H,(H,18,19)(H,20,21). The van der Waals surface area contributed by atoms with E-state index in [1.54, 1.807) is 24.3 Å². The molecule has 1 heterocycles. The highest BCUT2D eigenvalue weighted by Crippen LogP contribution is 2.24. The van der Waals surface area contributed by atoms with Crippen LogP contribution in [0.25, 0.3) is 10.9 Å². The van der Waals surface area contributed by atoms with Crippen LogP contribution in [-0.4, -0.2) is 16.1 Å². The van der Waals surface area contributed by atoms with Crippen molar-refractivity contribution in [2.75, 3.05) is 5.32 Å². The Morgan fingerprint density at radius 3 is 2.52 bits per heavy atom. The summed E-state index contributed by atoms with van der Waals surface area (Å²) < 4.78 is 0.978. The third-order valence-corrected chi connectivity index (χ3v) is 3.59. The molecule has 4 nitrogen and oxygen atoms in total. The molecule has 0 amide bonds. The molecule has 0 aliphatic rings. The van der Waals surface area contributed by atoms with Gasteiger partial charge in [-0.15, -0.1) is 0 Å². The van der Waals surface area contributed by atoms with Gasteiger partial charge in [0.15, 0.2) is 0 Å². The van der Waals surface area contributed by atoms with Crippen LogP contribution in [-0.2, 0) is 0 Å². The van der Waals surface area contributed by atoms with Crippen LogP contribution in [0.15, 0.2) is 59.1 Å². The first-order valence-electron chi connectivity index (χ1n) is 6.29. The Labute approximate surface area is 129 Å². The molecule has 3 aromatic rings. The molecule has 0 bridgehead atoms. The maximum atomic E-state index is 11.4. The number of carboxylic acids is 1. The Morgan fingerprint density at radius 1 is 1.10 bits per heavy atom. The first-order chi connectivity index (χ1) is 10.1. The van der Waals surface area contributed by atoms with Crippen LogP contribution in [0.5, 0.6) is 0 Å². The highest BCUT2D eigenvalue weighted by molar-refractivity contribution is 9.10. The SMILES string of the molecule is O=C(O)c1cc(Nc2ccc(Br)cc2)nc2ccccc12. The average Bonchev–Trinajstić information content (AvgIpc) is 2.48. The second-order valence-corrected chi connectivity index (χ2v) is 5.42. The molecule has 0 aliphatic carbocycles. The molecule has 0 unspecified atom stereocenters. The van der Waals surface area contributed by atoms with Crippen molar-refractivity contribution >= 4 is 44.3 Å². The lowest BCUT2D eigenvalue weighted by atomic mass is 10.1. The maximum absolute atomic E-state index is 11.4. The summed E-state index contributed by atoms with van der Waals surface area (Å²) >= 11 is 3.37. The van der Waals surface area contributed by atoms with Gasteiger partial charge in [0.05, 0.1) is 11.1 Å². The molecule has 0 saturated heterocycles. The molecular weight excluding hydrogens is 332 g/mol. The third-order valence-electron chi connectivity index (χ3n) is 3.06. The van der Waals surface area contributed by atoms with Gasteiger partial charge in [0.25, 0.3) is 0 Å². The molecule has 104 valence electrons. The summed E-state index contributed by atoms with van der Waals surface area (Å²) in [6.07, 6.45) is 0. The number of fused-ring (bicyclic) bond motifs is 1. The van der Waals surface area contributed by atoms with E-state index in [4.69, 9.17) is 0 Å². The van der Waals surface area contributed by atoms with Gasteiger partial charge >= 0.3 is 5.97 Å². The predicted molar refractivity (Wildman–Crippen MR) is 86.1 cm³/mol. The van der Waals surface area contributed by atoms with Crippen LogP contribution in [0, 0.1) is 0 Å². The number of pyridine rings is 1. The zero-order chi connectivity index (χ0) is 14.8. The Bertz CT molecular complexity index is 816. The van der Waals surface area contributed by atoms with Crippen molar-refractivity contribution in [3.63, 3.8) is 0 Å². The van der Waals surface area contributed by atoms with Crippen LogP contribution in [0.3, 0.4) is 0 Å². The molecule has 2 aromatic carbocycles. The first-order valence-corrected chi connectivity index (χ1v) is 7.08. The van der Waals surface area contributed by atoms with Gasteiger partial charge < -0.3 is 10.4 Å². The van der Waals surface area contributed by atoms with Crippen molar-refractivity contribution in [1.29, 1.82) is 0 Å². The summed E-state index contributed by atoms with van der Waals surface area (Å²) in [7, 11) is 0. The van der Waals surface area contributed by atoms with E-state index in [0.29, 0.717) is 16.7 Å². The molecule has 5 heteroatoms. The number of halogens is 1. The van der Waals surface area contributed by atoms with Gasteiger partial charge in [-0.1, -0.05) is 34.1 Å². The Kier molecular flexibility index (Phi) is 3.58.